The topological polar surface area (TPSA) is 60.2 Å². The van der Waals surface area contributed by atoms with Gasteiger partial charge in [-0.25, -0.2) is 8.42 Å². The molecule has 1 aromatic rings. The molecule has 0 radical (unpaired) electrons. The van der Waals surface area contributed by atoms with Crippen LogP contribution >= 0.6 is 15.9 Å². The Morgan fingerprint density at radius 3 is 2.67 bits per heavy atom. The van der Waals surface area contributed by atoms with Crippen molar-refractivity contribution in [3.63, 3.8) is 0 Å². The Bertz CT molecular complexity index is 484. The highest BCUT2D eigenvalue weighted by Crippen LogP contribution is 2.31. The van der Waals surface area contributed by atoms with Crippen molar-refractivity contribution in [1.29, 1.82) is 0 Å². The zero-order chi connectivity index (χ0) is 11.1. The Kier molecular flexibility index (Phi) is 2.77. The Balaban J connectivity index is 2.28. The van der Waals surface area contributed by atoms with Crippen LogP contribution in [-0.4, -0.2) is 19.9 Å². The molecule has 1 aromatic carbocycles. The third-order valence-electron chi connectivity index (χ3n) is 2.72. The maximum absolute atomic E-state index is 11.3. The van der Waals surface area contributed by atoms with E-state index in [9.17, 15) is 8.42 Å². The van der Waals surface area contributed by atoms with Crippen LogP contribution in [0.5, 0.6) is 0 Å². The molecule has 0 amide bonds. The Labute approximate surface area is 97.7 Å². The summed E-state index contributed by atoms with van der Waals surface area (Å²) in [6.45, 7) is 0. The number of hydrogen-bond acceptors (Lipinski definition) is 3. The molecule has 15 heavy (non-hydrogen) atoms. The minimum absolute atomic E-state index is 0.116. The average Bonchev–Trinajstić information content (AvgIpc) is 2.51. The van der Waals surface area contributed by atoms with E-state index in [1.165, 1.54) is 0 Å². The van der Waals surface area contributed by atoms with Crippen molar-refractivity contribution >= 4 is 31.5 Å². The van der Waals surface area contributed by atoms with Gasteiger partial charge in [0.15, 0.2) is 9.84 Å². The fraction of sp³-hybridized carbons (Fsp3) is 0.400. The van der Waals surface area contributed by atoms with Gasteiger partial charge >= 0.3 is 0 Å². The molecule has 5 heteroatoms. The first-order valence-corrected chi connectivity index (χ1v) is 7.35. The molecule has 2 N–H and O–H groups in total. The molecular weight excluding hydrogens is 278 g/mol. The van der Waals surface area contributed by atoms with Crippen LogP contribution in [0.15, 0.2) is 22.7 Å². The molecule has 82 valence electrons. The van der Waals surface area contributed by atoms with Gasteiger partial charge in [-0.15, -0.1) is 0 Å². The van der Waals surface area contributed by atoms with Crippen molar-refractivity contribution in [3.8, 4) is 0 Å². The van der Waals surface area contributed by atoms with Gasteiger partial charge in [-0.3, -0.25) is 0 Å². The van der Waals surface area contributed by atoms with E-state index in [0.717, 1.165) is 10.0 Å². The first-order chi connectivity index (χ1) is 6.98. The van der Waals surface area contributed by atoms with Crippen LogP contribution in [0.3, 0.4) is 0 Å². The van der Waals surface area contributed by atoms with Gasteiger partial charge in [0.05, 0.1) is 11.5 Å². The quantitative estimate of drug-likeness (QED) is 0.804. The molecule has 3 nitrogen and oxygen atoms in total. The smallest absolute Gasteiger partial charge is 0.150 e. The third kappa shape index (κ3) is 2.34. The van der Waals surface area contributed by atoms with Crippen molar-refractivity contribution in [2.45, 2.75) is 12.3 Å². The zero-order valence-electron chi connectivity index (χ0n) is 8.11. The summed E-state index contributed by atoms with van der Waals surface area (Å²) >= 11 is 3.32. The maximum atomic E-state index is 11.3. The van der Waals surface area contributed by atoms with Gasteiger partial charge < -0.3 is 5.73 Å². The number of halogens is 1. The maximum Gasteiger partial charge on any atom is 0.150 e. The lowest BCUT2D eigenvalue weighted by Crippen LogP contribution is -2.04. The minimum atomic E-state index is -2.82. The number of anilines is 1. The van der Waals surface area contributed by atoms with Gasteiger partial charge in [-0.2, -0.15) is 0 Å². The van der Waals surface area contributed by atoms with E-state index >= 15 is 0 Å². The summed E-state index contributed by atoms with van der Waals surface area (Å²) in [6, 6.07) is 5.66. The largest absolute Gasteiger partial charge is 0.398 e. The average molecular weight is 290 g/mol. The van der Waals surface area contributed by atoms with Crippen LogP contribution in [0, 0.1) is 0 Å². The van der Waals surface area contributed by atoms with Gasteiger partial charge in [0.25, 0.3) is 0 Å². The van der Waals surface area contributed by atoms with Crippen molar-refractivity contribution in [2.75, 3.05) is 17.2 Å². The van der Waals surface area contributed by atoms with E-state index in [2.05, 4.69) is 15.9 Å². The predicted octanol–water partition coefficient (Wildman–Crippen LogP) is 1.93. The molecule has 0 aliphatic carbocycles. The van der Waals surface area contributed by atoms with Gasteiger partial charge in [-0.1, -0.05) is 6.07 Å². The Morgan fingerprint density at radius 2 is 2.13 bits per heavy atom. The van der Waals surface area contributed by atoms with Crippen molar-refractivity contribution in [3.05, 3.63) is 28.2 Å². The van der Waals surface area contributed by atoms with Crippen molar-refractivity contribution in [2.24, 2.45) is 0 Å². The fourth-order valence-corrected chi connectivity index (χ4v) is 3.90. The number of benzene rings is 1. The van der Waals surface area contributed by atoms with Crippen LogP contribution in [0.2, 0.25) is 0 Å². The summed E-state index contributed by atoms with van der Waals surface area (Å²) in [6.07, 6.45) is 0.712. The zero-order valence-corrected chi connectivity index (χ0v) is 10.5. The molecule has 1 heterocycles. The van der Waals surface area contributed by atoms with E-state index in [4.69, 9.17) is 5.73 Å². The number of hydrogen-bond donors (Lipinski definition) is 1. The van der Waals surface area contributed by atoms with E-state index in [1.54, 1.807) is 0 Å². The van der Waals surface area contributed by atoms with Crippen molar-refractivity contribution < 1.29 is 8.42 Å². The van der Waals surface area contributed by atoms with Crippen molar-refractivity contribution in [1.82, 2.24) is 0 Å². The van der Waals surface area contributed by atoms with E-state index in [0.29, 0.717) is 17.9 Å². The first kappa shape index (κ1) is 11.0. The standard InChI is InChI=1S/C10H12BrNO2S/c11-9-2-1-7(5-10(9)12)8-3-4-15(13,14)6-8/h1-2,5,8H,3-4,6,12H2. The summed E-state index contributed by atoms with van der Waals surface area (Å²) < 4.78 is 23.5. The summed E-state index contributed by atoms with van der Waals surface area (Å²) in [5.74, 6) is 0.673. The molecule has 1 fully saturated rings. The van der Waals surface area contributed by atoms with E-state index < -0.39 is 9.84 Å². The number of nitrogen functional groups attached to an aromatic ring is 1. The number of sulfone groups is 1. The molecule has 0 bridgehead atoms. The molecule has 0 saturated carbocycles. The number of rotatable bonds is 1. The van der Waals surface area contributed by atoms with Gasteiger partial charge in [0, 0.05) is 10.2 Å². The molecule has 1 atom stereocenters. The van der Waals surface area contributed by atoms with Gasteiger partial charge in [0.2, 0.25) is 0 Å². The minimum Gasteiger partial charge on any atom is -0.398 e. The second-order valence-corrected chi connectivity index (χ2v) is 6.96. The molecule has 1 unspecified atom stereocenters. The summed E-state index contributed by atoms with van der Waals surface area (Å²) in [5, 5.41) is 0. The van der Waals surface area contributed by atoms with Crippen LogP contribution in [0.4, 0.5) is 5.69 Å². The van der Waals surface area contributed by atoms with Crippen LogP contribution < -0.4 is 5.73 Å². The summed E-state index contributed by atoms with van der Waals surface area (Å²) in [5.41, 5.74) is 7.45. The Morgan fingerprint density at radius 1 is 1.40 bits per heavy atom. The number of nitrogens with two attached hydrogens (primary N) is 1. The van der Waals surface area contributed by atoms with Gasteiger partial charge in [-0.05, 0) is 46.0 Å². The normalized spacial score (nSPS) is 24.2. The summed E-state index contributed by atoms with van der Waals surface area (Å²) in [4.78, 5) is 0. The molecule has 2 rings (SSSR count). The Hall–Kier alpha value is -0.550. The fourth-order valence-electron chi connectivity index (χ4n) is 1.87. The second kappa shape index (κ2) is 3.79. The highest BCUT2D eigenvalue weighted by molar-refractivity contribution is 9.10. The second-order valence-electron chi connectivity index (χ2n) is 3.88. The monoisotopic (exact) mass is 289 g/mol. The van der Waals surface area contributed by atoms with E-state index in [-0.39, 0.29) is 11.7 Å². The molecular formula is C10H12BrNO2S. The lowest BCUT2D eigenvalue weighted by atomic mass is 9.98. The van der Waals surface area contributed by atoms with E-state index in [1.807, 2.05) is 18.2 Å². The lowest BCUT2D eigenvalue weighted by Gasteiger charge is -2.09. The van der Waals surface area contributed by atoms with Gasteiger partial charge in [0.1, 0.15) is 0 Å². The first-order valence-electron chi connectivity index (χ1n) is 4.73. The molecule has 0 spiro atoms. The van der Waals surface area contributed by atoms with Crippen LogP contribution in [-0.2, 0) is 9.84 Å². The highest BCUT2D eigenvalue weighted by Gasteiger charge is 2.28. The molecule has 1 saturated heterocycles. The highest BCUT2D eigenvalue weighted by atomic mass is 79.9. The molecule has 1 aliphatic heterocycles. The molecule has 0 aromatic heterocycles. The van der Waals surface area contributed by atoms with Crippen LogP contribution in [0.1, 0.15) is 17.9 Å². The van der Waals surface area contributed by atoms with Crippen LogP contribution in [0.25, 0.3) is 0 Å². The molecule has 1 aliphatic rings. The lowest BCUT2D eigenvalue weighted by molar-refractivity contribution is 0.601. The SMILES string of the molecule is Nc1cc(C2CCS(=O)(=O)C2)ccc1Br. The predicted molar refractivity (Wildman–Crippen MR) is 64.6 cm³/mol. The third-order valence-corrected chi connectivity index (χ3v) is 5.21. The summed E-state index contributed by atoms with van der Waals surface area (Å²) in [7, 11) is -2.82.